The van der Waals surface area contributed by atoms with Gasteiger partial charge >= 0.3 is 0 Å². The fourth-order valence-electron chi connectivity index (χ4n) is 1.64. The van der Waals surface area contributed by atoms with E-state index in [4.69, 9.17) is 27.4 Å². The van der Waals surface area contributed by atoms with Crippen LogP contribution in [-0.2, 0) is 4.74 Å². The molecule has 2 rings (SSSR count). The number of ether oxygens (including phenoxy) is 2. The van der Waals surface area contributed by atoms with Gasteiger partial charge in [0.05, 0.1) is 13.2 Å². The van der Waals surface area contributed by atoms with E-state index >= 15 is 0 Å². The van der Waals surface area contributed by atoms with Gasteiger partial charge < -0.3 is 15.2 Å². The highest BCUT2D eigenvalue weighted by atomic mass is 32.1. The molecule has 0 aliphatic carbocycles. The molecule has 1 heterocycles. The summed E-state index contributed by atoms with van der Waals surface area (Å²) in [5.74, 6) is 1.38. The van der Waals surface area contributed by atoms with Gasteiger partial charge in [0.1, 0.15) is 10.7 Å². The fourth-order valence-corrected chi connectivity index (χ4v) is 1.78. The fraction of sp³-hybridized carbons (Fsp3) is 0.417. The minimum Gasteiger partial charge on any atom is -0.493 e. The summed E-state index contributed by atoms with van der Waals surface area (Å²) in [5.41, 5.74) is 6.38. The number of hydrogen-bond acceptors (Lipinski definition) is 3. The molecule has 0 bridgehead atoms. The maximum atomic E-state index is 5.66. The van der Waals surface area contributed by atoms with E-state index in [1.165, 1.54) is 0 Å². The summed E-state index contributed by atoms with van der Waals surface area (Å²) in [7, 11) is 0. The Balaban J connectivity index is 1.87. The molecule has 0 amide bonds. The zero-order valence-electron chi connectivity index (χ0n) is 9.02. The van der Waals surface area contributed by atoms with Crippen molar-refractivity contribution in [3.63, 3.8) is 0 Å². The highest BCUT2D eigenvalue weighted by Gasteiger charge is 2.15. The first-order chi connectivity index (χ1) is 7.75. The van der Waals surface area contributed by atoms with Crippen LogP contribution < -0.4 is 10.5 Å². The molecule has 1 aliphatic rings. The first-order valence-electron chi connectivity index (χ1n) is 5.36. The highest BCUT2D eigenvalue weighted by Crippen LogP contribution is 2.17. The molecular weight excluding hydrogens is 222 g/mol. The van der Waals surface area contributed by atoms with Gasteiger partial charge in [-0.1, -0.05) is 12.2 Å². The van der Waals surface area contributed by atoms with Gasteiger partial charge in [-0.05, 0) is 30.7 Å². The lowest BCUT2D eigenvalue weighted by atomic mass is 10.1. The summed E-state index contributed by atoms with van der Waals surface area (Å²) in [4.78, 5) is 0.413. The SMILES string of the molecule is NC(=S)c1ccc(OCC2CCOC2)cc1. The average molecular weight is 237 g/mol. The molecule has 1 fully saturated rings. The molecule has 0 aromatic heterocycles. The smallest absolute Gasteiger partial charge is 0.119 e. The van der Waals surface area contributed by atoms with Crippen molar-refractivity contribution in [3.05, 3.63) is 29.8 Å². The van der Waals surface area contributed by atoms with Gasteiger partial charge in [-0.25, -0.2) is 0 Å². The molecule has 1 aromatic carbocycles. The topological polar surface area (TPSA) is 44.5 Å². The van der Waals surface area contributed by atoms with Crippen molar-refractivity contribution in [1.29, 1.82) is 0 Å². The summed E-state index contributed by atoms with van der Waals surface area (Å²) in [6, 6.07) is 7.54. The van der Waals surface area contributed by atoms with Crippen molar-refractivity contribution >= 4 is 17.2 Å². The van der Waals surface area contributed by atoms with E-state index in [0.717, 1.165) is 30.9 Å². The molecule has 4 heteroatoms. The van der Waals surface area contributed by atoms with Crippen molar-refractivity contribution in [2.45, 2.75) is 6.42 Å². The lowest BCUT2D eigenvalue weighted by Crippen LogP contribution is -2.12. The molecule has 0 saturated carbocycles. The van der Waals surface area contributed by atoms with Gasteiger partial charge in [0.25, 0.3) is 0 Å². The summed E-state index contributed by atoms with van der Waals surface area (Å²) >= 11 is 4.88. The normalized spacial score (nSPS) is 19.6. The van der Waals surface area contributed by atoms with Crippen LogP contribution in [0.2, 0.25) is 0 Å². The van der Waals surface area contributed by atoms with E-state index in [1.807, 2.05) is 24.3 Å². The number of thiocarbonyl (C=S) groups is 1. The van der Waals surface area contributed by atoms with Crippen molar-refractivity contribution in [1.82, 2.24) is 0 Å². The molecule has 1 atom stereocenters. The van der Waals surface area contributed by atoms with E-state index in [-0.39, 0.29) is 0 Å². The van der Waals surface area contributed by atoms with Crippen LogP contribution in [0.1, 0.15) is 12.0 Å². The predicted molar refractivity (Wildman–Crippen MR) is 66.8 cm³/mol. The Morgan fingerprint density at radius 3 is 2.75 bits per heavy atom. The van der Waals surface area contributed by atoms with E-state index in [0.29, 0.717) is 17.5 Å². The molecule has 1 aliphatic heterocycles. The first-order valence-corrected chi connectivity index (χ1v) is 5.77. The highest BCUT2D eigenvalue weighted by molar-refractivity contribution is 7.80. The second kappa shape index (κ2) is 5.27. The van der Waals surface area contributed by atoms with Crippen LogP contribution >= 0.6 is 12.2 Å². The monoisotopic (exact) mass is 237 g/mol. The van der Waals surface area contributed by atoms with Crippen LogP contribution in [0.25, 0.3) is 0 Å². The first kappa shape index (κ1) is 11.4. The lowest BCUT2D eigenvalue weighted by molar-refractivity contribution is 0.167. The zero-order chi connectivity index (χ0) is 11.4. The van der Waals surface area contributed by atoms with Gasteiger partial charge in [0, 0.05) is 18.1 Å². The third-order valence-corrected chi connectivity index (χ3v) is 2.88. The maximum Gasteiger partial charge on any atom is 0.119 e. The minimum atomic E-state index is 0.413. The molecule has 3 nitrogen and oxygen atoms in total. The Labute approximate surface area is 101 Å². The largest absolute Gasteiger partial charge is 0.493 e. The molecular formula is C12H15NO2S. The molecule has 1 aromatic rings. The summed E-state index contributed by atoms with van der Waals surface area (Å²) in [6.07, 6.45) is 1.09. The summed E-state index contributed by atoms with van der Waals surface area (Å²) in [6.45, 7) is 2.38. The molecule has 1 saturated heterocycles. The summed E-state index contributed by atoms with van der Waals surface area (Å²) in [5, 5.41) is 0. The standard InChI is InChI=1S/C12H15NO2S/c13-12(16)10-1-3-11(4-2-10)15-8-9-5-6-14-7-9/h1-4,9H,5-8H2,(H2,13,16). The molecule has 1 unspecified atom stereocenters. The Kier molecular flexibility index (Phi) is 3.74. The van der Waals surface area contributed by atoms with E-state index in [1.54, 1.807) is 0 Å². The van der Waals surface area contributed by atoms with E-state index < -0.39 is 0 Å². The quantitative estimate of drug-likeness (QED) is 0.810. The van der Waals surface area contributed by atoms with Crippen LogP contribution in [0.15, 0.2) is 24.3 Å². The van der Waals surface area contributed by atoms with Gasteiger partial charge in [0.2, 0.25) is 0 Å². The van der Waals surface area contributed by atoms with Crippen molar-refractivity contribution in [3.8, 4) is 5.75 Å². The second-order valence-electron chi connectivity index (χ2n) is 3.93. The Hall–Kier alpha value is -1.13. The zero-order valence-corrected chi connectivity index (χ0v) is 9.83. The van der Waals surface area contributed by atoms with Gasteiger partial charge in [0.15, 0.2) is 0 Å². The number of nitrogens with two attached hydrogens (primary N) is 1. The molecule has 16 heavy (non-hydrogen) atoms. The van der Waals surface area contributed by atoms with Crippen LogP contribution in [0, 0.1) is 5.92 Å². The van der Waals surface area contributed by atoms with Crippen molar-refractivity contribution in [2.24, 2.45) is 11.7 Å². The minimum absolute atomic E-state index is 0.413. The van der Waals surface area contributed by atoms with Crippen molar-refractivity contribution < 1.29 is 9.47 Å². The number of hydrogen-bond donors (Lipinski definition) is 1. The van der Waals surface area contributed by atoms with Gasteiger partial charge in [-0.15, -0.1) is 0 Å². The second-order valence-corrected chi connectivity index (χ2v) is 4.37. The van der Waals surface area contributed by atoms with Crippen LogP contribution in [0.4, 0.5) is 0 Å². The Morgan fingerprint density at radius 1 is 1.44 bits per heavy atom. The van der Waals surface area contributed by atoms with Crippen LogP contribution in [-0.4, -0.2) is 24.8 Å². The molecule has 86 valence electrons. The average Bonchev–Trinajstić information content (AvgIpc) is 2.80. The Morgan fingerprint density at radius 2 is 2.19 bits per heavy atom. The molecule has 0 radical (unpaired) electrons. The van der Waals surface area contributed by atoms with E-state index in [2.05, 4.69) is 0 Å². The number of benzene rings is 1. The number of rotatable bonds is 4. The van der Waals surface area contributed by atoms with E-state index in [9.17, 15) is 0 Å². The molecule has 2 N–H and O–H groups in total. The third kappa shape index (κ3) is 2.93. The lowest BCUT2D eigenvalue weighted by Gasteiger charge is -2.10. The van der Waals surface area contributed by atoms with Crippen molar-refractivity contribution in [2.75, 3.05) is 19.8 Å². The third-order valence-electron chi connectivity index (χ3n) is 2.65. The molecule has 0 spiro atoms. The van der Waals surface area contributed by atoms with Crippen LogP contribution in [0.5, 0.6) is 5.75 Å². The predicted octanol–water partition coefficient (Wildman–Crippen LogP) is 1.74. The Bertz CT molecular complexity index is 358. The summed E-state index contributed by atoms with van der Waals surface area (Å²) < 4.78 is 10.9. The van der Waals surface area contributed by atoms with Gasteiger partial charge in [-0.2, -0.15) is 0 Å². The maximum absolute atomic E-state index is 5.66. The van der Waals surface area contributed by atoms with Crippen LogP contribution in [0.3, 0.4) is 0 Å². The van der Waals surface area contributed by atoms with Gasteiger partial charge in [-0.3, -0.25) is 0 Å².